The Labute approximate surface area is 129 Å². The molecule has 21 heavy (non-hydrogen) atoms. The Morgan fingerprint density at radius 3 is 3.05 bits per heavy atom. The van der Waals surface area contributed by atoms with Crippen molar-refractivity contribution in [3.63, 3.8) is 0 Å². The average Bonchev–Trinajstić information content (AvgIpc) is 2.80. The second-order valence-electron chi connectivity index (χ2n) is 5.13. The minimum absolute atomic E-state index is 0.0532. The lowest BCUT2D eigenvalue weighted by molar-refractivity contribution is 0.132. The van der Waals surface area contributed by atoms with E-state index in [0.717, 1.165) is 18.5 Å². The molecule has 0 aliphatic carbocycles. The van der Waals surface area contributed by atoms with Gasteiger partial charge in [-0.2, -0.15) is 4.98 Å². The Kier molecular flexibility index (Phi) is 3.99. The third kappa shape index (κ3) is 2.96. The molecular weight excluding hydrogens is 316 g/mol. The van der Waals surface area contributed by atoms with E-state index in [9.17, 15) is 9.00 Å². The summed E-state index contributed by atoms with van der Waals surface area (Å²) >= 11 is 5.91. The molecule has 0 spiro atoms. The number of fused-ring (bicyclic) bond motifs is 1. The molecule has 0 aromatic carbocycles. The van der Waals surface area contributed by atoms with E-state index in [-0.39, 0.29) is 11.3 Å². The third-order valence-electron chi connectivity index (χ3n) is 3.69. The molecule has 0 radical (unpaired) electrons. The number of nitrogens with zero attached hydrogens (tertiary/aromatic N) is 3. The van der Waals surface area contributed by atoms with Gasteiger partial charge in [0.25, 0.3) is 0 Å². The number of carbonyl (C=O) groups is 1. The number of nitrogens with one attached hydrogen (secondary N) is 1. The summed E-state index contributed by atoms with van der Waals surface area (Å²) < 4.78 is 12.1. The van der Waals surface area contributed by atoms with Crippen LogP contribution < -0.4 is 5.32 Å². The van der Waals surface area contributed by atoms with Crippen molar-refractivity contribution in [2.24, 2.45) is 0 Å². The topological polar surface area (TPSA) is 95.4 Å². The predicted octanol–water partition coefficient (Wildman–Crippen LogP) is 1.35. The molecule has 2 atom stereocenters. The van der Waals surface area contributed by atoms with Crippen molar-refractivity contribution >= 4 is 34.3 Å². The minimum atomic E-state index is -1.12. The van der Waals surface area contributed by atoms with E-state index in [1.165, 1.54) is 4.90 Å². The quantitative estimate of drug-likeness (QED) is 0.795. The highest BCUT2D eigenvalue weighted by Crippen LogP contribution is 2.30. The van der Waals surface area contributed by atoms with Crippen molar-refractivity contribution in [2.45, 2.75) is 30.2 Å². The minimum Gasteiger partial charge on any atom is -0.465 e. The van der Waals surface area contributed by atoms with Gasteiger partial charge in [0, 0.05) is 31.3 Å². The van der Waals surface area contributed by atoms with E-state index >= 15 is 0 Å². The number of carboxylic acid groups (broad SMARTS) is 1. The van der Waals surface area contributed by atoms with Crippen molar-refractivity contribution in [1.82, 2.24) is 14.9 Å². The number of rotatable bonds is 2. The summed E-state index contributed by atoms with van der Waals surface area (Å²) in [5, 5.41) is 12.4. The molecule has 3 rings (SSSR count). The maximum atomic E-state index is 12.1. The zero-order valence-electron chi connectivity index (χ0n) is 11.2. The van der Waals surface area contributed by atoms with Gasteiger partial charge in [-0.05, 0) is 24.4 Å². The van der Waals surface area contributed by atoms with E-state index in [2.05, 4.69) is 15.3 Å². The lowest BCUT2D eigenvalue weighted by Crippen LogP contribution is -2.44. The van der Waals surface area contributed by atoms with Crippen molar-refractivity contribution < 1.29 is 14.1 Å². The lowest BCUT2D eigenvalue weighted by Gasteiger charge is -2.31. The number of aromatic nitrogens is 2. The van der Waals surface area contributed by atoms with Gasteiger partial charge in [-0.25, -0.2) is 9.78 Å². The molecule has 2 N–H and O–H groups in total. The van der Waals surface area contributed by atoms with Crippen LogP contribution in [0.5, 0.6) is 0 Å². The zero-order valence-corrected chi connectivity index (χ0v) is 12.8. The largest absolute Gasteiger partial charge is 0.465 e. The Morgan fingerprint density at radius 1 is 1.48 bits per heavy atom. The maximum absolute atomic E-state index is 12.1. The van der Waals surface area contributed by atoms with E-state index in [4.69, 9.17) is 16.7 Å². The fraction of sp³-hybridized carbons (Fsp3) is 0.583. The Morgan fingerprint density at radius 2 is 2.29 bits per heavy atom. The van der Waals surface area contributed by atoms with Crippen LogP contribution in [0.25, 0.3) is 0 Å². The smallest absolute Gasteiger partial charge is 0.407 e. The molecule has 1 amide bonds. The molecule has 0 bridgehead atoms. The monoisotopic (exact) mass is 330 g/mol. The number of aryl methyl sites for hydroxylation is 1. The molecule has 114 valence electrons. The van der Waals surface area contributed by atoms with E-state index in [0.29, 0.717) is 36.0 Å². The second kappa shape index (κ2) is 5.76. The highest BCUT2D eigenvalue weighted by molar-refractivity contribution is 7.85. The summed E-state index contributed by atoms with van der Waals surface area (Å²) in [6.07, 6.45) is 1.34. The van der Waals surface area contributed by atoms with E-state index < -0.39 is 16.9 Å². The van der Waals surface area contributed by atoms with Crippen LogP contribution in [0.1, 0.15) is 18.5 Å². The first-order chi connectivity index (χ1) is 10.0. The maximum Gasteiger partial charge on any atom is 0.407 e. The van der Waals surface area contributed by atoms with Crippen molar-refractivity contribution in [1.29, 1.82) is 0 Å². The van der Waals surface area contributed by atoms with Gasteiger partial charge in [0.15, 0.2) is 0 Å². The molecule has 1 fully saturated rings. The fourth-order valence-electron chi connectivity index (χ4n) is 2.73. The number of hydrogen-bond acceptors (Lipinski definition) is 5. The van der Waals surface area contributed by atoms with Crippen LogP contribution in [0.3, 0.4) is 0 Å². The van der Waals surface area contributed by atoms with Crippen LogP contribution in [0, 0.1) is 0 Å². The number of halogens is 1. The predicted molar refractivity (Wildman–Crippen MR) is 78.3 cm³/mol. The van der Waals surface area contributed by atoms with Gasteiger partial charge in [-0.1, -0.05) is 0 Å². The van der Waals surface area contributed by atoms with Gasteiger partial charge in [-0.15, -0.1) is 0 Å². The average molecular weight is 331 g/mol. The molecular formula is C12H15ClN4O3S. The summed E-state index contributed by atoms with van der Waals surface area (Å²) in [4.78, 5) is 21.3. The van der Waals surface area contributed by atoms with Crippen LogP contribution in [0.15, 0.2) is 4.90 Å². The molecule has 1 aromatic heterocycles. The van der Waals surface area contributed by atoms with E-state index in [1.54, 1.807) is 0 Å². The molecule has 1 unspecified atom stereocenters. The van der Waals surface area contributed by atoms with E-state index in [1.807, 2.05) is 0 Å². The summed E-state index contributed by atoms with van der Waals surface area (Å²) in [5.74, 6) is 1.02. The summed E-state index contributed by atoms with van der Waals surface area (Å²) in [7, 11) is -1.12. The number of anilines is 1. The number of amides is 1. The number of hydrogen-bond donors (Lipinski definition) is 2. The second-order valence-corrected chi connectivity index (χ2v) is 6.97. The van der Waals surface area contributed by atoms with Crippen molar-refractivity contribution in [3.05, 3.63) is 11.0 Å². The van der Waals surface area contributed by atoms with Gasteiger partial charge in [-0.3, -0.25) is 4.21 Å². The first-order valence-electron chi connectivity index (χ1n) is 6.74. The standard InChI is InChI=1S/C12H15ClN4O3S/c13-11-15-8-3-5-21(20)9(8)10(16-11)14-7-2-1-4-17(6-7)12(18)19/h7H,1-6H2,(H,18,19)(H,14,15,16)/t7-,21?/m1/s1. The first kappa shape index (κ1) is 14.5. The highest BCUT2D eigenvalue weighted by atomic mass is 35.5. The molecule has 2 aliphatic rings. The first-order valence-corrected chi connectivity index (χ1v) is 8.43. The van der Waals surface area contributed by atoms with Gasteiger partial charge in [0.05, 0.1) is 16.5 Å². The Bertz CT molecular complexity index is 612. The number of piperidine rings is 1. The van der Waals surface area contributed by atoms with Crippen LogP contribution in [0.4, 0.5) is 10.6 Å². The van der Waals surface area contributed by atoms with Gasteiger partial charge in [0.1, 0.15) is 10.7 Å². The molecule has 7 nitrogen and oxygen atoms in total. The molecule has 2 aliphatic heterocycles. The molecule has 0 saturated carbocycles. The van der Waals surface area contributed by atoms with Crippen LogP contribution in [0.2, 0.25) is 5.28 Å². The highest BCUT2D eigenvalue weighted by Gasteiger charge is 2.29. The number of likely N-dealkylation sites (tertiary alicyclic amines) is 1. The zero-order chi connectivity index (χ0) is 15.0. The van der Waals surface area contributed by atoms with Gasteiger partial charge in [0.2, 0.25) is 5.28 Å². The van der Waals surface area contributed by atoms with Crippen molar-refractivity contribution in [2.75, 3.05) is 24.2 Å². The Balaban J connectivity index is 1.82. The summed E-state index contributed by atoms with van der Waals surface area (Å²) in [6.45, 7) is 0.931. The van der Waals surface area contributed by atoms with Crippen LogP contribution in [-0.4, -0.2) is 55.2 Å². The lowest BCUT2D eigenvalue weighted by atomic mass is 10.1. The van der Waals surface area contributed by atoms with Gasteiger partial charge >= 0.3 is 6.09 Å². The summed E-state index contributed by atoms with van der Waals surface area (Å²) in [5.41, 5.74) is 0.724. The normalized spacial score (nSPS) is 24.7. The Hall–Kier alpha value is -1.41. The molecule has 1 aromatic rings. The van der Waals surface area contributed by atoms with Gasteiger partial charge < -0.3 is 15.3 Å². The molecule has 9 heteroatoms. The van der Waals surface area contributed by atoms with Crippen LogP contribution in [-0.2, 0) is 17.2 Å². The SMILES string of the molecule is O=C(O)N1CCC[C@@H](Nc2nc(Cl)nc3c2S(=O)CC3)C1. The van der Waals surface area contributed by atoms with Crippen LogP contribution >= 0.6 is 11.6 Å². The molecule has 1 saturated heterocycles. The molecule has 3 heterocycles. The third-order valence-corrected chi connectivity index (χ3v) is 5.32. The van der Waals surface area contributed by atoms with Crippen molar-refractivity contribution in [3.8, 4) is 0 Å². The fourth-order valence-corrected chi connectivity index (χ4v) is 4.23. The summed E-state index contributed by atoms with van der Waals surface area (Å²) in [6, 6.07) is -0.0532.